The minimum absolute atomic E-state index is 0.0945. The third-order valence-electron chi connectivity index (χ3n) is 10.8. The van der Waals surface area contributed by atoms with E-state index in [0.29, 0.717) is 23.5 Å². The lowest BCUT2D eigenvalue weighted by Gasteiger charge is -2.61. The number of hydrogen-bond acceptors (Lipinski definition) is 2. The van der Waals surface area contributed by atoms with E-state index >= 15 is 0 Å². The highest BCUT2D eigenvalue weighted by Crippen LogP contribution is 2.68. The summed E-state index contributed by atoms with van der Waals surface area (Å²) < 4.78 is 0. The topological polar surface area (TPSA) is 37.3 Å². The van der Waals surface area contributed by atoms with Crippen LogP contribution in [0.4, 0.5) is 0 Å². The van der Waals surface area contributed by atoms with Gasteiger partial charge >= 0.3 is 0 Å². The van der Waals surface area contributed by atoms with Gasteiger partial charge in [-0.05, 0) is 93.3 Å². The fourth-order valence-electron chi connectivity index (χ4n) is 8.97. The van der Waals surface area contributed by atoms with Crippen molar-refractivity contribution in [2.45, 2.75) is 106 Å². The Morgan fingerprint density at radius 2 is 1.81 bits per heavy atom. The Labute approximate surface area is 191 Å². The van der Waals surface area contributed by atoms with Gasteiger partial charge in [0.25, 0.3) is 0 Å². The van der Waals surface area contributed by atoms with Gasteiger partial charge in [-0.25, -0.2) is 0 Å². The molecule has 8 atom stereocenters. The zero-order valence-corrected chi connectivity index (χ0v) is 21.1. The Balaban J connectivity index is 1.58. The summed E-state index contributed by atoms with van der Waals surface area (Å²) in [4.78, 5) is 13.0. The van der Waals surface area contributed by atoms with E-state index in [9.17, 15) is 9.90 Å². The molecule has 0 unspecified atom stereocenters. The summed E-state index contributed by atoms with van der Waals surface area (Å²) in [6.45, 7) is 16.0. The number of aliphatic hydroxyl groups is 1. The normalized spacial score (nSPS) is 44.4. The zero-order chi connectivity index (χ0) is 22.8. The summed E-state index contributed by atoms with van der Waals surface area (Å²) in [6.07, 6.45) is 13.4. The van der Waals surface area contributed by atoms with E-state index in [1.807, 2.05) is 0 Å². The van der Waals surface area contributed by atoms with Crippen LogP contribution in [0.15, 0.2) is 23.3 Å². The van der Waals surface area contributed by atoms with Crippen molar-refractivity contribution >= 4 is 5.78 Å². The van der Waals surface area contributed by atoms with Crippen LogP contribution in [0.1, 0.15) is 99.8 Å². The summed E-state index contributed by atoms with van der Waals surface area (Å²) >= 11 is 0. The molecular weight excluding hydrogens is 380 g/mol. The van der Waals surface area contributed by atoms with Crippen LogP contribution in [0.3, 0.4) is 0 Å². The summed E-state index contributed by atoms with van der Waals surface area (Å²) in [5, 5.41) is 10.7. The molecule has 3 saturated carbocycles. The SMILES string of the molecule is CC(C)=CCC(=O)[C@@H](C)[C@H]1CC[C@H]2[C@@H]3CC=C4C(C)(C)[C@H](O)CC[C@]4(C)[C@H]3CC[C@]12C. The van der Waals surface area contributed by atoms with Gasteiger partial charge in [0.2, 0.25) is 0 Å². The lowest BCUT2D eigenvalue weighted by molar-refractivity contribution is -0.126. The first-order valence-electron chi connectivity index (χ1n) is 13.0. The van der Waals surface area contributed by atoms with Crippen molar-refractivity contribution in [1.29, 1.82) is 0 Å². The molecule has 3 fully saturated rings. The number of fused-ring (bicyclic) bond motifs is 5. The summed E-state index contributed by atoms with van der Waals surface area (Å²) in [5.74, 6) is 3.41. The van der Waals surface area contributed by atoms with E-state index in [0.717, 1.165) is 30.6 Å². The van der Waals surface area contributed by atoms with Gasteiger partial charge in [-0.3, -0.25) is 4.79 Å². The van der Waals surface area contributed by atoms with Crippen LogP contribution in [0, 0.1) is 45.8 Å². The Bertz CT molecular complexity index is 785. The molecule has 174 valence electrons. The molecule has 0 aromatic rings. The largest absolute Gasteiger partial charge is 0.392 e. The molecule has 0 amide bonds. The Kier molecular flexibility index (Phi) is 5.90. The molecule has 0 radical (unpaired) electrons. The molecular formula is C29H46O2. The Morgan fingerprint density at radius 3 is 2.48 bits per heavy atom. The van der Waals surface area contributed by atoms with Crippen molar-refractivity contribution in [1.82, 2.24) is 0 Å². The first kappa shape index (κ1) is 23.3. The molecule has 2 heteroatoms. The van der Waals surface area contributed by atoms with Crippen LogP contribution in [-0.4, -0.2) is 17.0 Å². The highest BCUT2D eigenvalue weighted by molar-refractivity contribution is 5.82. The number of Topliss-reactive ketones (excluding diaryl/α,β-unsaturated/α-hetero) is 1. The average Bonchev–Trinajstić information content (AvgIpc) is 3.06. The molecule has 0 spiro atoms. The van der Waals surface area contributed by atoms with E-state index in [4.69, 9.17) is 0 Å². The van der Waals surface area contributed by atoms with Crippen molar-refractivity contribution in [2.75, 3.05) is 0 Å². The number of aliphatic hydroxyl groups excluding tert-OH is 1. The molecule has 31 heavy (non-hydrogen) atoms. The van der Waals surface area contributed by atoms with E-state index in [2.05, 4.69) is 60.6 Å². The minimum atomic E-state index is -0.208. The van der Waals surface area contributed by atoms with E-state index in [1.54, 1.807) is 5.57 Å². The van der Waals surface area contributed by atoms with E-state index < -0.39 is 0 Å². The number of carbonyl (C=O) groups is 1. The molecule has 0 saturated heterocycles. The summed E-state index contributed by atoms with van der Waals surface area (Å²) in [7, 11) is 0. The second-order valence-electron chi connectivity index (χ2n) is 12.9. The molecule has 4 aliphatic rings. The van der Waals surface area contributed by atoms with Gasteiger partial charge in [0.1, 0.15) is 5.78 Å². The van der Waals surface area contributed by atoms with E-state index in [-0.39, 0.29) is 22.9 Å². The smallest absolute Gasteiger partial charge is 0.139 e. The fourth-order valence-corrected chi connectivity index (χ4v) is 8.97. The second-order valence-corrected chi connectivity index (χ2v) is 12.9. The average molecular weight is 427 g/mol. The van der Waals surface area contributed by atoms with Crippen LogP contribution >= 0.6 is 0 Å². The van der Waals surface area contributed by atoms with Gasteiger partial charge in [0.15, 0.2) is 0 Å². The third-order valence-corrected chi connectivity index (χ3v) is 10.8. The van der Waals surface area contributed by atoms with Gasteiger partial charge in [0, 0.05) is 17.8 Å². The molecule has 0 aliphatic heterocycles. The minimum Gasteiger partial charge on any atom is -0.392 e. The van der Waals surface area contributed by atoms with E-state index in [1.165, 1.54) is 37.7 Å². The predicted octanol–water partition coefficient (Wildman–Crippen LogP) is 7.12. The lowest BCUT2D eigenvalue weighted by atomic mass is 9.44. The summed E-state index contributed by atoms with van der Waals surface area (Å²) in [6, 6.07) is 0. The maximum absolute atomic E-state index is 13.0. The fraction of sp³-hybridized carbons (Fsp3) is 0.828. The monoisotopic (exact) mass is 426 g/mol. The number of ketones is 1. The third kappa shape index (κ3) is 3.51. The molecule has 4 rings (SSSR count). The van der Waals surface area contributed by atoms with Crippen molar-refractivity contribution in [3.8, 4) is 0 Å². The van der Waals surface area contributed by atoms with Crippen LogP contribution in [0.5, 0.6) is 0 Å². The number of hydrogen-bond donors (Lipinski definition) is 1. The highest BCUT2D eigenvalue weighted by atomic mass is 16.3. The number of rotatable bonds is 4. The van der Waals surface area contributed by atoms with Crippen molar-refractivity contribution in [3.63, 3.8) is 0 Å². The van der Waals surface area contributed by atoms with Gasteiger partial charge in [-0.15, -0.1) is 0 Å². The van der Waals surface area contributed by atoms with Crippen molar-refractivity contribution < 1.29 is 9.90 Å². The van der Waals surface area contributed by atoms with Crippen LogP contribution < -0.4 is 0 Å². The van der Waals surface area contributed by atoms with Gasteiger partial charge < -0.3 is 5.11 Å². The standard InChI is InChI=1S/C29H46O2/c1-18(2)8-12-24(30)19(3)21-10-11-22-20-9-13-25-27(4,5)26(31)15-17-29(25,7)23(20)14-16-28(21,22)6/h8,13,19-23,26,31H,9-12,14-17H2,1-7H3/t19-,20-,21+,22-,23-,26+,28+,29+/m0/s1. The maximum Gasteiger partial charge on any atom is 0.139 e. The first-order valence-corrected chi connectivity index (χ1v) is 13.0. The Morgan fingerprint density at radius 1 is 1.10 bits per heavy atom. The predicted molar refractivity (Wildman–Crippen MR) is 129 cm³/mol. The van der Waals surface area contributed by atoms with Gasteiger partial charge in [-0.1, -0.05) is 57.9 Å². The molecule has 0 bridgehead atoms. The van der Waals surface area contributed by atoms with Gasteiger partial charge in [0.05, 0.1) is 6.10 Å². The van der Waals surface area contributed by atoms with Crippen LogP contribution in [0.2, 0.25) is 0 Å². The number of allylic oxidation sites excluding steroid dienone is 3. The van der Waals surface area contributed by atoms with Gasteiger partial charge in [-0.2, -0.15) is 0 Å². The van der Waals surface area contributed by atoms with Crippen molar-refractivity contribution in [3.05, 3.63) is 23.3 Å². The molecule has 2 nitrogen and oxygen atoms in total. The quantitative estimate of drug-likeness (QED) is 0.486. The lowest BCUT2D eigenvalue weighted by Crippen LogP contribution is -2.54. The summed E-state index contributed by atoms with van der Waals surface area (Å²) in [5.41, 5.74) is 3.25. The molecule has 1 N–H and O–H groups in total. The van der Waals surface area contributed by atoms with Crippen LogP contribution in [0.25, 0.3) is 0 Å². The maximum atomic E-state index is 13.0. The first-order chi connectivity index (χ1) is 14.4. The van der Waals surface area contributed by atoms with Crippen LogP contribution in [-0.2, 0) is 4.79 Å². The molecule has 4 aliphatic carbocycles. The molecule has 0 heterocycles. The Hall–Kier alpha value is -0.890. The number of carbonyl (C=O) groups excluding carboxylic acids is 1. The second kappa shape index (κ2) is 7.86. The molecule has 0 aromatic heterocycles. The highest BCUT2D eigenvalue weighted by Gasteiger charge is 2.61. The van der Waals surface area contributed by atoms with Crippen molar-refractivity contribution in [2.24, 2.45) is 45.8 Å². The molecule has 0 aromatic carbocycles. The zero-order valence-electron chi connectivity index (χ0n) is 21.1.